The van der Waals surface area contributed by atoms with Crippen LogP contribution in [0, 0.1) is 24.0 Å². The maximum atomic E-state index is 17.7. The fourth-order valence-electron chi connectivity index (χ4n) is 11.3. The van der Waals surface area contributed by atoms with Gasteiger partial charge in [-0.05, 0) is 68.7 Å². The maximum absolute atomic E-state index is 17.7. The highest BCUT2D eigenvalue weighted by Gasteiger charge is 2.50. The fraction of sp³-hybridized carbons (Fsp3) is 0.600. The molecule has 4 aliphatic rings. The summed E-state index contributed by atoms with van der Waals surface area (Å²) in [6, 6.07) is 5.03. The average molecular weight is 983 g/mol. The number of hydrogen-bond donors (Lipinski definition) is 0. The number of ether oxygens (including phenoxy) is 4. The molecule has 4 atom stereocenters. The third-order valence-electron chi connectivity index (χ3n) is 14.9. The predicted octanol–water partition coefficient (Wildman–Crippen LogP) is 11.5. The van der Waals surface area contributed by atoms with Gasteiger partial charge in [-0.15, -0.1) is 6.42 Å². The van der Waals surface area contributed by atoms with Crippen molar-refractivity contribution in [2.24, 2.45) is 0 Å². The molecule has 71 heavy (non-hydrogen) atoms. The Kier molecular flexibility index (Phi) is 17.6. The van der Waals surface area contributed by atoms with Crippen molar-refractivity contribution in [3.05, 3.63) is 47.7 Å². The quantitative estimate of drug-likeness (QED) is 0.0217. The molecule has 4 aromatic rings. The minimum absolute atomic E-state index is 0.0914. The first-order valence-corrected chi connectivity index (χ1v) is 26.2. The summed E-state index contributed by atoms with van der Waals surface area (Å²) >= 11 is 0. The summed E-state index contributed by atoms with van der Waals surface area (Å²) in [5.41, 5.74) is -0.897. The van der Waals surface area contributed by atoms with Gasteiger partial charge in [-0.1, -0.05) is 103 Å². The first kappa shape index (κ1) is 51.7. The van der Waals surface area contributed by atoms with Crippen LogP contribution in [0.4, 0.5) is 23.8 Å². The zero-order valence-electron chi connectivity index (χ0n) is 41.5. The van der Waals surface area contributed by atoms with Crippen LogP contribution in [-0.2, 0) is 19.1 Å². The Morgan fingerprint density at radius 2 is 1.52 bits per heavy atom. The average Bonchev–Trinajstić information content (AvgIpc) is 3.98. The molecular formula is C55H69F3N6O7. The molecule has 0 spiro atoms. The molecule has 0 aliphatic carbocycles. The van der Waals surface area contributed by atoms with E-state index in [-0.39, 0.29) is 76.4 Å². The molecule has 1 amide bonds. The number of anilines is 1. The Labute approximate surface area is 415 Å². The number of unbranched alkanes of at least 4 members (excludes halogenated alkanes) is 12. The predicted molar refractivity (Wildman–Crippen MR) is 266 cm³/mol. The number of carbonyl (C=O) groups is 3. The lowest BCUT2D eigenvalue weighted by Crippen LogP contribution is -2.56. The smallest absolute Gasteiger partial charge is 0.413 e. The van der Waals surface area contributed by atoms with E-state index in [1.165, 1.54) is 56.5 Å². The van der Waals surface area contributed by atoms with E-state index in [0.717, 1.165) is 70.8 Å². The number of rotatable bonds is 24. The van der Waals surface area contributed by atoms with Crippen LogP contribution < -0.4 is 14.4 Å². The molecule has 2 aromatic heterocycles. The van der Waals surface area contributed by atoms with Crippen molar-refractivity contribution in [2.45, 2.75) is 172 Å². The maximum Gasteiger partial charge on any atom is 0.413 e. The molecule has 4 fully saturated rings. The second kappa shape index (κ2) is 24.2. The molecule has 8 rings (SSSR count). The number of carbonyl (C=O) groups excluding carboxylic acids is 3. The van der Waals surface area contributed by atoms with Crippen molar-refractivity contribution in [3.63, 3.8) is 0 Å². The van der Waals surface area contributed by atoms with E-state index in [1.54, 1.807) is 11.0 Å². The molecule has 0 N–H and O–H groups in total. The van der Waals surface area contributed by atoms with Crippen molar-refractivity contribution in [1.29, 1.82) is 0 Å². The van der Waals surface area contributed by atoms with E-state index in [9.17, 15) is 18.8 Å². The first-order valence-electron chi connectivity index (χ1n) is 26.2. The lowest BCUT2D eigenvalue weighted by Gasteiger charge is -2.41. The van der Waals surface area contributed by atoms with Gasteiger partial charge in [0.25, 0.3) is 0 Å². The van der Waals surface area contributed by atoms with Gasteiger partial charge in [0, 0.05) is 56.0 Å². The van der Waals surface area contributed by atoms with Crippen molar-refractivity contribution >= 4 is 45.5 Å². The van der Waals surface area contributed by atoms with Crippen LogP contribution in [0.1, 0.15) is 154 Å². The summed E-state index contributed by atoms with van der Waals surface area (Å²) in [6.45, 7) is 5.64. The van der Waals surface area contributed by atoms with E-state index in [1.807, 2.05) is 4.90 Å². The van der Waals surface area contributed by atoms with Crippen LogP contribution in [0.25, 0.3) is 32.9 Å². The molecule has 2 bridgehead atoms. The number of terminal acetylenes is 1. The van der Waals surface area contributed by atoms with Crippen LogP contribution >= 0.6 is 0 Å². The summed E-state index contributed by atoms with van der Waals surface area (Å²) in [5, 5.41) is 0.888. The van der Waals surface area contributed by atoms with Crippen molar-refractivity contribution in [3.8, 4) is 35.4 Å². The second-order valence-electron chi connectivity index (χ2n) is 20.0. The Hall–Kier alpha value is -5.69. The molecule has 13 nitrogen and oxygen atoms in total. The molecule has 4 aliphatic heterocycles. The normalized spacial score (nSPS) is 20.6. The second-order valence-corrected chi connectivity index (χ2v) is 20.0. The van der Waals surface area contributed by atoms with Gasteiger partial charge in [-0.3, -0.25) is 24.4 Å². The third-order valence-corrected chi connectivity index (χ3v) is 14.9. The third kappa shape index (κ3) is 12.2. The van der Waals surface area contributed by atoms with E-state index in [0.29, 0.717) is 56.5 Å². The van der Waals surface area contributed by atoms with Gasteiger partial charge >= 0.3 is 24.0 Å². The Balaban J connectivity index is 1.05. The minimum Gasteiger partial charge on any atom is -0.461 e. The van der Waals surface area contributed by atoms with Gasteiger partial charge in [0.1, 0.15) is 41.4 Å². The van der Waals surface area contributed by atoms with E-state index in [4.69, 9.17) is 30.4 Å². The van der Waals surface area contributed by atoms with Gasteiger partial charge in [0.15, 0.2) is 5.82 Å². The standard InChI is InChI=1S/C55H69F3N6O7/c1-4-7-9-11-13-15-17-20-46(65)69-36-70-54(67)64-39-23-24-40(64)34-62(33-39)52-44-31-59-50(49(58)51(44)60-53(61-52)68-35-55-26-19-27-63(55)32-38(56)30-55)43-29-41(28-37-22-25-45(57)42(6-3)48(37)43)71-47(66)21-18-16-14-12-10-8-5-2/h3,22,25,28-29,31,38-40H,4-5,7-21,23-24,26-27,30,32-36H2,1-2H3/t38-,39-,40+,55+/m1/s1. The van der Waals surface area contributed by atoms with Crippen LogP contribution in [0.5, 0.6) is 11.8 Å². The minimum atomic E-state index is -0.999. The number of benzene rings is 2. The fourth-order valence-corrected chi connectivity index (χ4v) is 11.3. The van der Waals surface area contributed by atoms with Crippen LogP contribution in [0.2, 0.25) is 0 Å². The van der Waals surface area contributed by atoms with Gasteiger partial charge in [0.05, 0.1) is 28.6 Å². The number of fused-ring (bicyclic) bond motifs is 5. The van der Waals surface area contributed by atoms with E-state index < -0.39 is 48.2 Å². The highest BCUT2D eigenvalue weighted by atomic mass is 19.1. The van der Waals surface area contributed by atoms with Crippen molar-refractivity contribution in [2.75, 3.05) is 44.5 Å². The van der Waals surface area contributed by atoms with Crippen LogP contribution in [0.15, 0.2) is 30.5 Å². The molecule has 6 heterocycles. The Morgan fingerprint density at radius 1 is 0.845 bits per heavy atom. The molecule has 2 aromatic carbocycles. The largest absolute Gasteiger partial charge is 0.461 e. The van der Waals surface area contributed by atoms with Gasteiger partial charge in [-0.25, -0.2) is 18.0 Å². The van der Waals surface area contributed by atoms with E-state index in [2.05, 4.69) is 34.6 Å². The lowest BCUT2D eigenvalue weighted by atomic mass is 9.95. The van der Waals surface area contributed by atoms with Crippen molar-refractivity contribution < 1.29 is 46.5 Å². The summed E-state index contributed by atoms with van der Waals surface area (Å²) in [7, 11) is 0. The highest BCUT2D eigenvalue weighted by Crippen LogP contribution is 2.43. The summed E-state index contributed by atoms with van der Waals surface area (Å²) in [5.74, 6) is 0.471. The number of aromatic nitrogens is 3. The van der Waals surface area contributed by atoms with Crippen LogP contribution in [0.3, 0.4) is 0 Å². The molecule has 0 saturated carbocycles. The summed E-state index contributed by atoms with van der Waals surface area (Å²) < 4.78 is 70.9. The number of piperazine rings is 1. The number of pyridine rings is 1. The van der Waals surface area contributed by atoms with Crippen molar-refractivity contribution in [1.82, 2.24) is 24.8 Å². The summed E-state index contributed by atoms with van der Waals surface area (Å²) in [4.78, 5) is 59.0. The molecule has 0 unspecified atom stereocenters. The Morgan fingerprint density at radius 3 is 2.21 bits per heavy atom. The number of amides is 1. The molecule has 16 heteroatoms. The van der Waals surface area contributed by atoms with Gasteiger partial charge in [-0.2, -0.15) is 9.97 Å². The molecule has 4 saturated heterocycles. The zero-order chi connectivity index (χ0) is 49.9. The van der Waals surface area contributed by atoms with E-state index >= 15 is 8.78 Å². The van der Waals surface area contributed by atoms with Crippen LogP contribution in [-0.4, -0.2) is 106 Å². The van der Waals surface area contributed by atoms with Gasteiger partial charge in [0.2, 0.25) is 6.79 Å². The SMILES string of the molecule is C#Cc1c(F)ccc2cc(OC(=O)CCCCCCCCC)cc(-c3ncc4c(N5C[C@H]6CC[C@@H](C5)N6C(=O)OCOC(=O)CCCCCCCCC)nc(OC[C@@]56CCCN5C[C@H](F)C6)nc4c3F)c12. The Bertz CT molecular complexity index is 2560. The zero-order valence-corrected chi connectivity index (χ0v) is 41.5. The lowest BCUT2D eigenvalue weighted by molar-refractivity contribution is -0.152. The molecular weight excluding hydrogens is 914 g/mol. The highest BCUT2D eigenvalue weighted by molar-refractivity contribution is 6.03. The monoisotopic (exact) mass is 983 g/mol. The molecule has 382 valence electrons. The number of hydrogen-bond acceptors (Lipinski definition) is 12. The number of esters is 2. The summed E-state index contributed by atoms with van der Waals surface area (Å²) in [6.07, 6.45) is 24.2. The van der Waals surface area contributed by atoms with Gasteiger partial charge < -0.3 is 23.8 Å². The number of nitrogens with zero attached hydrogens (tertiary/aromatic N) is 6. The number of halogens is 3. The first-order chi connectivity index (χ1) is 34.5. The number of alkyl halides is 1. The topological polar surface area (TPSA) is 137 Å². The molecule has 0 radical (unpaired) electrons.